The molecule has 1 aromatic heterocycles. The molecule has 3 aromatic carbocycles. The number of oxime groups is 1. The summed E-state index contributed by atoms with van der Waals surface area (Å²) in [6.45, 7) is 2.66. The van der Waals surface area contributed by atoms with Crippen LogP contribution in [0.4, 0.5) is 5.13 Å². The molecule has 5 heterocycles. The van der Waals surface area contributed by atoms with Gasteiger partial charge in [0.15, 0.2) is 10.8 Å². The summed E-state index contributed by atoms with van der Waals surface area (Å²) < 4.78 is 20.1. The predicted octanol–water partition coefficient (Wildman–Crippen LogP) is 4.79. The molecule has 4 aliphatic heterocycles. The number of thiazole rings is 1. The first-order valence-corrected chi connectivity index (χ1v) is 21.5. The summed E-state index contributed by atoms with van der Waals surface area (Å²) >= 11 is 1.28. The van der Waals surface area contributed by atoms with E-state index in [0.29, 0.717) is 34.8 Å². The fraction of sp³-hybridized carbons (Fsp3) is 0.357. The van der Waals surface area contributed by atoms with Crippen LogP contribution in [-0.4, -0.2) is 104 Å². The second-order valence-electron chi connectivity index (χ2n) is 15.1. The highest BCUT2D eigenvalue weighted by Gasteiger charge is 2.58. The van der Waals surface area contributed by atoms with Crippen molar-refractivity contribution in [1.29, 1.82) is 0 Å². The second-order valence-corrected chi connectivity index (χ2v) is 17.5. The Balaban J connectivity index is 1.10. The molecule has 15 heteroatoms. The molecule has 3 N–H and O–H groups in total. The summed E-state index contributed by atoms with van der Waals surface area (Å²) in [7, 11) is 0.393. The normalized spacial score (nSPS) is 23.4. The highest BCUT2D eigenvalue weighted by Crippen LogP contribution is 2.41. The van der Waals surface area contributed by atoms with Crippen molar-refractivity contribution in [2.75, 3.05) is 44.4 Å². The summed E-state index contributed by atoms with van der Waals surface area (Å²) in [6.07, 6.45) is 3.71. The van der Waals surface area contributed by atoms with Crippen molar-refractivity contribution in [2.45, 2.75) is 55.3 Å². The van der Waals surface area contributed by atoms with E-state index in [1.54, 1.807) is 5.38 Å². The van der Waals surface area contributed by atoms with Crippen LogP contribution in [0, 0.1) is 0 Å². The molecule has 0 saturated carbocycles. The number of hydrogen-bond donors (Lipinski definition) is 3. The molecular weight excluding hydrogens is 765 g/mol. The summed E-state index contributed by atoms with van der Waals surface area (Å²) in [5.74, 6) is -2.67. The molecule has 0 bridgehead atoms. The number of aromatic nitrogens is 1. The van der Waals surface area contributed by atoms with Crippen molar-refractivity contribution in [3.63, 3.8) is 0 Å². The van der Waals surface area contributed by atoms with Gasteiger partial charge in [0.1, 0.15) is 34.9 Å². The molecular formula is C42H45N6O7S2+. The van der Waals surface area contributed by atoms with Gasteiger partial charge in [0, 0.05) is 30.2 Å². The van der Waals surface area contributed by atoms with Crippen LogP contribution in [0.2, 0.25) is 0 Å². The summed E-state index contributed by atoms with van der Waals surface area (Å²) in [6, 6.07) is 28.9. The number of nitrogens with one attached hydrogen (secondary N) is 2. The molecule has 0 radical (unpaired) electrons. The number of fused-ring (bicyclic) bond motifs is 1. The van der Waals surface area contributed by atoms with Crippen LogP contribution in [0.5, 0.6) is 0 Å². The first-order chi connectivity index (χ1) is 27.7. The molecule has 4 atom stereocenters. The number of β-lactam (4-membered cyclic amide) rings is 1. The molecule has 13 nitrogen and oxygen atoms in total. The van der Waals surface area contributed by atoms with Gasteiger partial charge in [0.2, 0.25) is 6.29 Å². The minimum atomic E-state index is -1.66. The smallest absolute Gasteiger partial charge is 0.352 e. The van der Waals surface area contributed by atoms with Crippen LogP contribution in [0.1, 0.15) is 54.5 Å². The summed E-state index contributed by atoms with van der Waals surface area (Å²) in [5, 5.41) is 22.1. The van der Waals surface area contributed by atoms with Gasteiger partial charge in [-0.2, -0.15) is 0 Å². The number of ether oxygens (including phenoxy) is 1. The fourth-order valence-corrected chi connectivity index (χ4v) is 10.8. The number of anilines is 1. The standard InChI is InChI=1S/C42H44N6O7S2/c1-48(22-12-13-23-48)25-28-27-57(53)39-35(38(50)47(39)36(28)40(51)52)44-37(49)34(46-55-33-21-11-14-24-54-33)32-26-56-41(43-32)45-42(29-15-5-2-6-16-29,30-17-7-3-8-18-30)31-19-9-4-10-20-31/h2-10,15-20,26,33,35,39H,11-14,21-25,27H2,1H3,(H2-,43,44,45,49,51,52)/p+1/t33?,35?,39-,57?/m0/s1. The van der Waals surface area contributed by atoms with E-state index in [2.05, 4.69) is 59.2 Å². The van der Waals surface area contributed by atoms with Gasteiger partial charge < -0.3 is 29.8 Å². The van der Waals surface area contributed by atoms with Crippen LogP contribution in [-0.2, 0) is 40.3 Å². The van der Waals surface area contributed by atoms with Gasteiger partial charge in [-0.3, -0.25) is 18.7 Å². The average molecular weight is 810 g/mol. The van der Waals surface area contributed by atoms with Crippen LogP contribution >= 0.6 is 11.3 Å². The lowest BCUT2D eigenvalue weighted by atomic mass is 9.77. The Bertz CT molecular complexity index is 2110. The number of aliphatic carboxylic acids is 1. The van der Waals surface area contributed by atoms with E-state index in [-0.39, 0.29) is 22.9 Å². The maximum Gasteiger partial charge on any atom is 0.352 e. The monoisotopic (exact) mass is 809 g/mol. The highest BCUT2D eigenvalue weighted by atomic mass is 32.2. The number of likely N-dealkylation sites (N-methyl/N-ethyl adjacent to an activating group) is 1. The second kappa shape index (κ2) is 16.3. The van der Waals surface area contributed by atoms with Gasteiger partial charge in [-0.15, -0.1) is 11.3 Å². The van der Waals surface area contributed by atoms with Crippen molar-refractivity contribution in [3.05, 3.63) is 130 Å². The predicted molar refractivity (Wildman–Crippen MR) is 216 cm³/mol. The van der Waals surface area contributed by atoms with E-state index in [1.165, 1.54) is 11.3 Å². The zero-order chi connectivity index (χ0) is 39.6. The molecule has 4 aromatic rings. The van der Waals surface area contributed by atoms with Gasteiger partial charge >= 0.3 is 5.97 Å². The summed E-state index contributed by atoms with van der Waals surface area (Å²) in [4.78, 5) is 52.3. The average Bonchev–Trinajstić information content (AvgIpc) is 3.89. The van der Waals surface area contributed by atoms with Gasteiger partial charge in [0.25, 0.3) is 11.8 Å². The Morgan fingerprint density at radius 1 is 0.982 bits per heavy atom. The fourth-order valence-electron chi connectivity index (χ4n) is 8.39. The molecule has 8 rings (SSSR count). The zero-order valence-electron chi connectivity index (χ0n) is 31.5. The molecule has 3 fully saturated rings. The molecule has 57 heavy (non-hydrogen) atoms. The van der Waals surface area contributed by atoms with Crippen molar-refractivity contribution in [3.8, 4) is 0 Å². The molecule has 296 valence electrons. The number of amides is 2. The lowest BCUT2D eigenvalue weighted by Gasteiger charge is -2.49. The topological polar surface area (TPSA) is 160 Å². The summed E-state index contributed by atoms with van der Waals surface area (Å²) in [5.41, 5.74) is 2.34. The van der Waals surface area contributed by atoms with Crippen molar-refractivity contribution < 1.29 is 37.8 Å². The third kappa shape index (κ3) is 7.64. The lowest BCUT2D eigenvalue weighted by molar-refractivity contribution is -0.893. The number of rotatable bonds is 13. The number of carbonyl (C=O) groups is 3. The number of nitrogens with zero attached hydrogens (tertiary/aromatic N) is 4. The number of carboxylic acids is 1. The maximum atomic E-state index is 14.2. The van der Waals surface area contributed by atoms with E-state index in [9.17, 15) is 23.7 Å². The zero-order valence-corrected chi connectivity index (χ0v) is 33.2. The lowest BCUT2D eigenvalue weighted by Crippen LogP contribution is -2.74. The Labute approximate surface area is 337 Å². The van der Waals surface area contributed by atoms with Gasteiger partial charge in [0.05, 0.1) is 43.3 Å². The quantitative estimate of drug-likeness (QED) is 0.0568. The Kier molecular flexibility index (Phi) is 11.1. The van der Waals surface area contributed by atoms with E-state index in [0.717, 1.165) is 60.4 Å². The van der Waals surface area contributed by atoms with E-state index >= 15 is 0 Å². The number of likely N-dealkylation sites (tertiary alicyclic amines) is 1. The van der Waals surface area contributed by atoms with Gasteiger partial charge in [-0.1, -0.05) is 96.2 Å². The number of benzene rings is 3. The van der Waals surface area contributed by atoms with Crippen LogP contribution in [0.25, 0.3) is 0 Å². The van der Waals surface area contributed by atoms with Crippen molar-refractivity contribution in [2.24, 2.45) is 5.16 Å². The molecule has 2 amide bonds. The minimum Gasteiger partial charge on any atom is -0.477 e. The molecule has 3 saturated heterocycles. The third-order valence-corrected chi connectivity index (χ3v) is 13.6. The molecule has 0 spiro atoms. The molecule has 4 aliphatic rings. The van der Waals surface area contributed by atoms with E-state index in [4.69, 9.17) is 14.6 Å². The van der Waals surface area contributed by atoms with Crippen LogP contribution < -0.4 is 10.6 Å². The number of carboxylic acid groups (broad SMARTS) is 1. The van der Waals surface area contributed by atoms with Crippen molar-refractivity contribution >= 4 is 50.8 Å². The Morgan fingerprint density at radius 3 is 2.16 bits per heavy atom. The van der Waals surface area contributed by atoms with Gasteiger partial charge in [-0.25, -0.2) is 9.78 Å². The van der Waals surface area contributed by atoms with Crippen LogP contribution in [0.3, 0.4) is 0 Å². The molecule has 3 unspecified atom stereocenters. The highest BCUT2D eigenvalue weighted by molar-refractivity contribution is 7.86. The first kappa shape index (κ1) is 38.6. The van der Waals surface area contributed by atoms with E-state index < -0.39 is 51.8 Å². The molecule has 0 aliphatic carbocycles. The van der Waals surface area contributed by atoms with Crippen molar-refractivity contribution in [1.82, 2.24) is 15.2 Å². The largest absolute Gasteiger partial charge is 0.477 e. The van der Waals surface area contributed by atoms with E-state index in [1.807, 2.05) is 54.6 Å². The number of quaternary nitrogens is 1. The Hall–Kier alpha value is -5.22. The Morgan fingerprint density at radius 2 is 1.60 bits per heavy atom. The number of hydrogen-bond acceptors (Lipinski definition) is 10. The number of carbonyl (C=O) groups excluding carboxylic acids is 2. The first-order valence-electron chi connectivity index (χ1n) is 19.2. The third-order valence-electron chi connectivity index (χ3n) is 11.2. The SMILES string of the molecule is C[N+]1(CC2=C(C(=O)O)N3C(=O)C(NC(=O)C(=NOC4CCCCO4)c4csc(NC(c5ccccc5)(c5ccccc5)c5ccccc5)n4)[C@@H]3S(=O)C2)CCCC1. The minimum absolute atomic E-state index is 0.00642. The maximum absolute atomic E-state index is 14.2. The van der Waals surface area contributed by atoms with Crippen LogP contribution in [0.15, 0.2) is 113 Å². The van der Waals surface area contributed by atoms with Gasteiger partial charge in [-0.05, 0) is 29.5 Å².